The zero-order chi connectivity index (χ0) is 12.9. The Hall–Kier alpha value is -0.690. The molecule has 0 aliphatic carbocycles. The second-order valence-corrected chi connectivity index (χ2v) is 5.34. The maximum atomic E-state index is 11.1. The molecule has 0 unspecified atom stereocenters. The first-order chi connectivity index (χ1) is 7.93. The van der Waals surface area contributed by atoms with Gasteiger partial charge in [-0.15, -0.1) is 0 Å². The molecule has 0 atom stereocenters. The Labute approximate surface area is 103 Å². The third kappa shape index (κ3) is 4.99. The molecular weight excluding hydrogens is 220 g/mol. The lowest BCUT2D eigenvalue weighted by atomic mass is 10.0. The Morgan fingerprint density at radius 1 is 1.29 bits per heavy atom. The second-order valence-electron chi connectivity index (χ2n) is 5.34. The maximum Gasteiger partial charge on any atom is 0.327 e. The van der Waals surface area contributed by atoms with E-state index >= 15 is 0 Å². The van der Waals surface area contributed by atoms with Crippen molar-refractivity contribution < 1.29 is 9.63 Å². The van der Waals surface area contributed by atoms with Gasteiger partial charge in [0.15, 0.2) is 0 Å². The van der Waals surface area contributed by atoms with Gasteiger partial charge in [0, 0.05) is 38.3 Å². The fourth-order valence-electron chi connectivity index (χ4n) is 2.01. The van der Waals surface area contributed by atoms with Gasteiger partial charge in [-0.3, -0.25) is 9.69 Å². The summed E-state index contributed by atoms with van der Waals surface area (Å²) in [6.45, 7) is 11.5. The van der Waals surface area contributed by atoms with E-state index in [1.165, 1.54) is 0 Å². The molecule has 0 spiro atoms. The standard InChI is InChI=1S/C11H24N4O2/c1-11(2,3)15-8-6-14(7-9-15)5-4-10(16)17-13-12/h13H,4-9,12H2,1-3H3. The minimum atomic E-state index is -0.314. The Morgan fingerprint density at radius 3 is 2.35 bits per heavy atom. The van der Waals surface area contributed by atoms with Gasteiger partial charge < -0.3 is 9.74 Å². The Bertz CT molecular complexity index is 244. The van der Waals surface area contributed by atoms with E-state index in [4.69, 9.17) is 5.84 Å². The van der Waals surface area contributed by atoms with E-state index < -0.39 is 0 Å². The Balaban J connectivity index is 2.21. The summed E-state index contributed by atoms with van der Waals surface area (Å²) in [6, 6.07) is 0. The van der Waals surface area contributed by atoms with Crippen molar-refractivity contribution in [2.45, 2.75) is 32.7 Å². The van der Waals surface area contributed by atoms with Gasteiger partial charge in [-0.1, -0.05) is 5.59 Å². The molecule has 100 valence electrons. The van der Waals surface area contributed by atoms with Crippen molar-refractivity contribution in [2.24, 2.45) is 5.84 Å². The highest BCUT2D eigenvalue weighted by molar-refractivity contribution is 5.69. The summed E-state index contributed by atoms with van der Waals surface area (Å²) in [7, 11) is 0. The van der Waals surface area contributed by atoms with Crippen LogP contribution < -0.4 is 11.4 Å². The number of nitrogens with zero attached hydrogens (tertiary/aromatic N) is 2. The van der Waals surface area contributed by atoms with Gasteiger partial charge in [0.2, 0.25) is 0 Å². The van der Waals surface area contributed by atoms with Crippen LogP contribution in [0.3, 0.4) is 0 Å². The smallest absolute Gasteiger partial charge is 0.327 e. The SMILES string of the molecule is CC(C)(C)N1CCN(CCC(=O)ONN)CC1. The van der Waals surface area contributed by atoms with Gasteiger partial charge in [0.25, 0.3) is 0 Å². The van der Waals surface area contributed by atoms with Crippen LogP contribution >= 0.6 is 0 Å². The summed E-state index contributed by atoms with van der Waals surface area (Å²) < 4.78 is 0. The zero-order valence-electron chi connectivity index (χ0n) is 11.0. The molecule has 0 bridgehead atoms. The highest BCUT2D eigenvalue weighted by Gasteiger charge is 2.25. The lowest BCUT2D eigenvalue weighted by molar-refractivity contribution is -0.151. The van der Waals surface area contributed by atoms with Crippen molar-refractivity contribution in [1.82, 2.24) is 15.4 Å². The molecule has 6 nitrogen and oxygen atoms in total. The summed E-state index contributed by atoms with van der Waals surface area (Å²) in [5.41, 5.74) is 2.14. The number of hydrogen-bond donors (Lipinski definition) is 2. The lowest BCUT2D eigenvalue weighted by Crippen LogP contribution is -2.53. The van der Waals surface area contributed by atoms with E-state index in [1.807, 2.05) is 5.59 Å². The molecule has 1 aliphatic rings. The minimum absolute atomic E-state index is 0.231. The van der Waals surface area contributed by atoms with Crippen LogP contribution in [-0.2, 0) is 9.63 Å². The molecule has 1 fully saturated rings. The fourth-order valence-corrected chi connectivity index (χ4v) is 2.01. The fraction of sp³-hybridized carbons (Fsp3) is 0.909. The molecule has 0 aromatic heterocycles. The maximum absolute atomic E-state index is 11.1. The first-order valence-corrected chi connectivity index (χ1v) is 6.06. The van der Waals surface area contributed by atoms with Crippen molar-refractivity contribution in [3.63, 3.8) is 0 Å². The van der Waals surface area contributed by atoms with Crippen LogP contribution in [0.4, 0.5) is 0 Å². The first kappa shape index (κ1) is 14.4. The average Bonchev–Trinajstić information content (AvgIpc) is 2.26. The molecule has 0 amide bonds. The molecule has 1 saturated heterocycles. The van der Waals surface area contributed by atoms with E-state index in [0.29, 0.717) is 6.42 Å². The highest BCUT2D eigenvalue weighted by Crippen LogP contribution is 2.15. The highest BCUT2D eigenvalue weighted by atomic mass is 16.7. The third-order valence-electron chi connectivity index (χ3n) is 3.13. The van der Waals surface area contributed by atoms with Crippen molar-refractivity contribution >= 4 is 5.97 Å². The molecule has 0 aromatic carbocycles. The topological polar surface area (TPSA) is 70.8 Å². The third-order valence-corrected chi connectivity index (χ3v) is 3.13. The van der Waals surface area contributed by atoms with E-state index in [0.717, 1.165) is 32.7 Å². The second kappa shape index (κ2) is 6.30. The van der Waals surface area contributed by atoms with Crippen molar-refractivity contribution in [3.05, 3.63) is 0 Å². The van der Waals surface area contributed by atoms with Crippen LogP contribution in [0.2, 0.25) is 0 Å². The summed E-state index contributed by atoms with van der Waals surface area (Å²) in [5, 5.41) is 0. The summed E-state index contributed by atoms with van der Waals surface area (Å²) in [6.07, 6.45) is 0.375. The predicted octanol–water partition coefficient (Wildman–Crippen LogP) is -0.286. The number of nitrogens with one attached hydrogen (secondary N) is 1. The minimum Gasteiger partial charge on any atom is -0.356 e. The van der Waals surface area contributed by atoms with Crippen LogP contribution in [0.5, 0.6) is 0 Å². The molecule has 0 aromatic rings. The van der Waals surface area contributed by atoms with Gasteiger partial charge in [0.05, 0.1) is 6.42 Å². The van der Waals surface area contributed by atoms with Crippen LogP contribution in [0.25, 0.3) is 0 Å². The Morgan fingerprint density at radius 2 is 1.88 bits per heavy atom. The number of nitrogens with two attached hydrogens (primary N) is 1. The van der Waals surface area contributed by atoms with Gasteiger partial charge in [0.1, 0.15) is 0 Å². The van der Waals surface area contributed by atoms with Gasteiger partial charge in [-0.2, -0.15) is 0 Å². The largest absolute Gasteiger partial charge is 0.356 e. The summed E-state index contributed by atoms with van der Waals surface area (Å²) in [5.74, 6) is 4.58. The van der Waals surface area contributed by atoms with E-state index in [2.05, 4.69) is 35.4 Å². The van der Waals surface area contributed by atoms with Gasteiger partial charge in [-0.05, 0) is 20.8 Å². The van der Waals surface area contributed by atoms with Gasteiger partial charge in [-0.25, -0.2) is 5.84 Å². The predicted molar refractivity (Wildman–Crippen MR) is 65.8 cm³/mol. The number of hydrogen-bond acceptors (Lipinski definition) is 6. The molecule has 0 saturated carbocycles. The molecule has 1 rings (SSSR count). The van der Waals surface area contributed by atoms with Crippen LogP contribution in [0, 0.1) is 0 Å². The van der Waals surface area contributed by atoms with E-state index in [1.54, 1.807) is 0 Å². The average molecular weight is 244 g/mol. The number of carbonyl (C=O) groups is 1. The molecule has 17 heavy (non-hydrogen) atoms. The first-order valence-electron chi connectivity index (χ1n) is 6.06. The van der Waals surface area contributed by atoms with Crippen LogP contribution in [0.1, 0.15) is 27.2 Å². The monoisotopic (exact) mass is 244 g/mol. The Kier molecular flexibility index (Phi) is 5.32. The molecule has 1 aliphatic heterocycles. The zero-order valence-corrected chi connectivity index (χ0v) is 11.0. The molecule has 3 N–H and O–H groups in total. The number of rotatable bonds is 4. The summed E-state index contributed by atoms with van der Waals surface area (Å²) >= 11 is 0. The van der Waals surface area contributed by atoms with Gasteiger partial charge >= 0.3 is 5.97 Å². The number of hydrazine groups is 1. The number of carbonyl (C=O) groups excluding carboxylic acids is 1. The van der Waals surface area contributed by atoms with Crippen LogP contribution in [0.15, 0.2) is 0 Å². The lowest BCUT2D eigenvalue weighted by Gasteiger charge is -2.42. The quantitative estimate of drug-likeness (QED) is 0.523. The van der Waals surface area contributed by atoms with E-state index in [-0.39, 0.29) is 11.5 Å². The molecular formula is C11H24N4O2. The van der Waals surface area contributed by atoms with Crippen LogP contribution in [-0.4, -0.2) is 54.0 Å². The molecule has 1 heterocycles. The van der Waals surface area contributed by atoms with Crippen molar-refractivity contribution in [1.29, 1.82) is 0 Å². The van der Waals surface area contributed by atoms with Crippen molar-refractivity contribution in [2.75, 3.05) is 32.7 Å². The van der Waals surface area contributed by atoms with E-state index in [9.17, 15) is 4.79 Å². The normalized spacial score (nSPS) is 19.3. The van der Waals surface area contributed by atoms with Crippen molar-refractivity contribution in [3.8, 4) is 0 Å². The summed E-state index contributed by atoms with van der Waals surface area (Å²) in [4.78, 5) is 20.3. The number of piperazine rings is 1. The molecule has 0 radical (unpaired) electrons. The molecule has 6 heteroatoms.